The summed E-state index contributed by atoms with van der Waals surface area (Å²) in [5.74, 6) is 0.616. The molecule has 0 N–H and O–H groups in total. The molecule has 58 valence electrons. The zero-order chi connectivity index (χ0) is 8.27. The third-order valence-corrected chi connectivity index (χ3v) is 1.51. The topological polar surface area (TPSA) is 0 Å². The van der Waals surface area contributed by atoms with Gasteiger partial charge in [0.15, 0.2) is 0 Å². The molecule has 0 nitrogen and oxygen atoms in total. The number of hydrogen-bond acceptors (Lipinski definition) is 0. The lowest BCUT2D eigenvalue weighted by Gasteiger charge is -1.92. The van der Waals surface area contributed by atoms with Gasteiger partial charge in [-0.1, -0.05) is 50.8 Å². The van der Waals surface area contributed by atoms with Crippen molar-refractivity contribution in [3.8, 4) is 0 Å². The third kappa shape index (κ3) is 2.58. The second-order valence-corrected chi connectivity index (χ2v) is 3.15. The van der Waals surface area contributed by atoms with E-state index in [1.807, 2.05) is 12.1 Å². The van der Waals surface area contributed by atoms with Crippen molar-refractivity contribution in [3.05, 3.63) is 34.7 Å². The largest absolute Gasteiger partial charge is 0.0918 e. The lowest BCUT2D eigenvalue weighted by molar-refractivity contribution is 0.881. The molecule has 0 spiro atoms. The van der Waals surface area contributed by atoms with Crippen molar-refractivity contribution in [1.29, 1.82) is 0 Å². The van der Waals surface area contributed by atoms with Crippen LogP contribution in [0.25, 0.3) is 12.7 Å². The number of benzene rings is 1. The molecule has 1 aromatic carbocycles. The van der Waals surface area contributed by atoms with Gasteiger partial charge in [-0.15, -0.1) is 0 Å². The van der Waals surface area contributed by atoms with E-state index in [9.17, 15) is 0 Å². The molecule has 1 rings (SSSR count). The van der Waals surface area contributed by atoms with Gasteiger partial charge >= 0.3 is 0 Å². The Labute approximate surface area is 67.9 Å². The van der Waals surface area contributed by atoms with E-state index >= 15 is 0 Å². The molecule has 0 bridgehead atoms. The normalized spacial score (nSPS) is 10.1. The summed E-state index contributed by atoms with van der Waals surface area (Å²) < 4.78 is 0. The van der Waals surface area contributed by atoms with Crippen molar-refractivity contribution in [2.24, 2.45) is 5.92 Å². The van der Waals surface area contributed by atoms with Gasteiger partial charge in [0.1, 0.15) is 0 Å². The van der Waals surface area contributed by atoms with Crippen LogP contribution in [-0.4, -0.2) is 0 Å². The van der Waals surface area contributed by atoms with Gasteiger partial charge in [-0.3, -0.25) is 0 Å². The summed E-state index contributed by atoms with van der Waals surface area (Å²) in [6, 6.07) is 8.27. The Morgan fingerprint density at radius 3 is 2.18 bits per heavy atom. The zero-order valence-electron chi connectivity index (χ0n) is 7.17. The molecule has 0 saturated carbocycles. The highest BCUT2D eigenvalue weighted by molar-refractivity contribution is 5.26. The Hall–Kier alpha value is -1.04. The Kier molecular flexibility index (Phi) is 2.48. The molecule has 11 heavy (non-hydrogen) atoms. The van der Waals surface area contributed by atoms with Crippen LogP contribution in [0.15, 0.2) is 24.3 Å². The smallest absolute Gasteiger partial charge is 0.0281 e. The third-order valence-electron chi connectivity index (χ3n) is 1.51. The van der Waals surface area contributed by atoms with E-state index in [0.717, 1.165) is 5.22 Å². The first kappa shape index (κ1) is 8.06. The molecule has 1 aromatic rings. The van der Waals surface area contributed by atoms with Gasteiger partial charge in [-0.2, -0.15) is 0 Å². The molecule has 0 saturated heterocycles. The first-order chi connectivity index (χ1) is 5.18. The molecule has 0 aliphatic rings. The van der Waals surface area contributed by atoms with Crippen LogP contribution in [0.2, 0.25) is 0 Å². The SMILES string of the molecule is C=c1ccc(=CC(C)C)cc1. The maximum absolute atomic E-state index is 3.83. The standard InChI is InChI=1S/C11H14/c1-9(2)8-11-6-4-10(3)5-7-11/h4-9H,3H2,1-2H3. The summed E-state index contributed by atoms with van der Waals surface area (Å²) in [7, 11) is 0. The average Bonchev–Trinajstić information content (AvgIpc) is 1.93. The van der Waals surface area contributed by atoms with Crippen LogP contribution >= 0.6 is 0 Å². The molecule has 0 amide bonds. The molecule has 0 aliphatic carbocycles. The summed E-state index contributed by atoms with van der Waals surface area (Å²) in [5.41, 5.74) is 0. The van der Waals surface area contributed by atoms with Gasteiger partial charge < -0.3 is 0 Å². The van der Waals surface area contributed by atoms with Gasteiger partial charge in [-0.05, 0) is 16.4 Å². The van der Waals surface area contributed by atoms with Crippen molar-refractivity contribution in [3.63, 3.8) is 0 Å². The Balaban J connectivity index is 3.08. The minimum Gasteiger partial charge on any atom is -0.0918 e. The molecular formula is C11H14. The van der Waals surface area contributed by atoms with Crippen LogP contribution in [0.1, 0.15) is 13.8 Å². The Morgan fingerprint density at radius 1 is 1.18 bits per heavy atom. The molecule has 0 heterocycles. The summed E-state index contributed by atoms with van der Waals surface area (Å²) in [4.78, 5) is 0. The molecule has 0 unspecified atom stereocenters. The van der Waals surface area contributed by atoms with Crippen LogP contribution in [0.3, 0.4) is 0 Å². The highest BCUT2D eigenvalue weighted by atomic mass is 13.9. The van der Waals surface area contributed by atoms with E-state index in [1.165, 1.54) is 5.22 Å². The number of rotatable bonds is 1. The van der Waals surface area contributed by atoms with Crippen molar-refractivity contribution < 1.29 is 0 Å². The van der Waals surface area contributed by atoms with Crippen molar-refractivity contribution in [2.45, 2.75) is 13.8 Å². The molecule has 0 fully saturated rings. The van der Waals surface area contributed by atoms with Crippen LogP contribution < -0.4 is 10.4 Å². The van der Waals surface area contributed by atoms with Crippen molar-refractivity contribution >= 4 is 12.7 Å². The van der Waals surface area contributed by atoms with E-state index in [2.05, 4.69) is 38.6 Å². The summed E-state index contributed by atoms with van der Waals surface area (Å²) in [5, 5.41) is 2.36. The fourth-order valence-electron chi connectivity index (χ4n) is 1.01. The summed E-state index contributed by atoms with van der Waals surface area (Å²) in [6.07, 6.45) is 2.24. The van der Waals surface area contributed by atoms with E-state index < -0.39 is 0 Å². The Morgan fingerprint density at radius 2 is 1.73 bits per heavy atom. The molecule has 0 aromatic heterocycles. The average molecular weight is 146 g/mol. The van der Waals surface area contributed by atoms with Gasteiger partial charge in [0.2, 0.25) is 0 Å². The highest BCUT2D eigenvalue weighted by Gasteiger charge is 1.83. The van der Waals surface area contributed by atoms with Crippen LogP contribution in [0, 0.1) is 5.92 Å². The maximum Gasteiger partial charge on any atom is -0.0281 e. The van der Waals surface area contributed by atoms with Gasteiger partial charge in [0.05, 0.1) is 0 Å². The van der Waals surface area contributed by atoms with Crippen molar-refractivity contribution in [1.82, 2.24) is 0 Å². The summed E-state index contributed by atoms with van der Waals surface area (Å²) in [6.45, 7) is 8.18. The monoisotopic (exact) mass is 146 g/mol. The molecular weight excluding hydrogens is 132 g/mol. The van der Waals surface area contributed by atoms with E-state index in [0.29, 0.717) is 5.92 Å². The van der Waals surface area contributed by atoms with Crippen molar-refractivity contribution in [2.75, 3.05) is 0 Å². The number of hydrogen-bond donors (Lipinski definition) is 0. The molecule has 0 heteroatoms. The van der Waals surface area contributed by atoms with Gasteiger partial charge in [0.25, 0.3) is 0 Å². The van der Waals surface area contributed by atoms with E-state index in [-0.39, 0.29) is 0 Å². The zero-order valence-corrected chi connectivity index (χ0v) is 7.17. The van der Waals surface area contributed by atoms with Gasteiger partial charge in [-0.25, -0.2) is 0 Å². The summed E-state index contributed by atoms with van der Waals surface area (Å²) >= 11 is 0. The molecule has 0 atom stereocenters. The van der Waals surface area contributed by atoms with Gasteiger partial charge in [0, 0.05) is 0 Å². The molecule has 0 aliphatic heterocycles. The first-order valence-electron chi connectivity index (χ1n) is 3.95. The predicted octanol–water partition coefficient (Wildman–Crippen LogP) is 1.53. The lowest BCUT2D eigenvalue weighted by atomic mass is 10.1. The highest BCUT2D eigenvalue weighted by Crippen LogP contribution is 1.90. The quantitative estimate of drug-likeness (QED) is 0.563. The maximum atomic E-state index is 3.83. The fraction of sp³-hybridized carbons (Fsp3) is 0.273. The molecule has 0 radical (unpaired) electrons. The fourth-order valence-corrected chi connectivity index (χ4v) is 1.01. The van der Waals surface area contributed by atoms with Crippen LogP contribution in [0.4, 0.5) is 0 Å². The Bertz CT molecular complexity index is 297. The van der Waals surface area contributed by atoms with E-state index in [1.54, 1.807) is 0 Å². The predicted molar refractivity (Wildman–Crippen MR) is 50.5 cm³/mol. The van der Waals surface area contributed by atoms with Crippen LogP contribution in [0.5, 0.6) is 0 Å². The minimum atomic E-state index is 0.616. The second-order valence-electron chi connectivity index (χ2n) is 3.15. The minimum absolute atomic E-state index is 0.616. The van der Waals surface area contributed by atoms with E-state index in [4.69, 9.17) is 0 Å². The van der Waals surface area contributed by atoms with Crippen LogP contribution in [-0.2, 0) is 0 Å². The first-order valence-corrected chi connectivity index (χ1v) is 3.95. The lowest BCUT2D eigenvalue weighted by Crippen LogP contribution is -2.06. The second kappa shape index (κ2) is 3.38.